The molecule has 3 rings (SSSR count). The molecule has 1 heterocycles. The van der Waals surface area contributed by atoms with Crippen molar-refractivity contribution in [1.82, 2.24) is 4.98 Å². The molecular formula is C21H20ClN3O. The Hall–Kier alpha value is -2.85. The molecule has 0 aliphatic heterocycles. The molecule has 1 amide bonds. The number of halogens is 1. The van der Waals surface area contributed by atoms with Gasteiger partial charge >= 0.3 is 0 Å². The Morgan fingerprint density at radius 2 is 1.88 bits per heavy atom. The standard InChI is InChI=1S/C21H20ClN3O/c1-14-6-3-4-7-16(14)13-24-17-10-11-23-20(12-17)21(26)25-19-9-5-8-18(22)15(19)2/h3-12H,13H2,1-2H3,(H,23,24)(H,25,26). The van der Waals surface area contributed by atoms with Crippen molar-refractivity contribution in [2.45, 2.75) is 20.4 Å². The molecular weight excluding hydrogens is 346 g/mol. The molecule has 0 bridgehead atoms. The summed E-state index contributed by atoms with van der Waals surface area (Å²) in [5.74, 6) is -0.269. The van der Waals surface area contributed by atoms with Crippen LogP contribution in [0.25, 0.3) is 0 Å². The molecule has 3 aromatic rings. The summed E-state index contributed by atoms with van der Waals surface area (Å²) in [6, 6.07) is 17.2. The second-order valence-corrected chi connectivity index (χ2v) is 6.48. The van der Waals surface area contributed by atoms with Crippen molar-refractivity contribution in [3.05, 3.63) is 88.2 Å². The molecule has 0 fully saturated rings. The summed E-state index contributed by atoms with van der Waals surface area (Å²) in [7, 11) is 0. The van der Waals surface area contributed by atoms with E-state index in [1.165, 1.54) is 11.1 Å². The topological polar surface area (TPSA) is 54.0 Å². The van der Waals surface area contributed by atoms with Crippen molar-refractivity contribution >= 4 is 28.9 Å². The molecule has 1 aromatic heterocycles. The van der Waals surface area contributed by atoms with Crippen LogP contribution >= 0.6 is 11.6 Å². The molecule has 0 unspecified atom stereocenters. The van der Waals surface area contributed by atoms with Gasteiger partial charge in [-0.15, -0.1) is 0 Å². The zero-order valence-corrected chi connectivity index (χ0v) is 15.5. The van der Waals surface area contributed by atoms with E-state index in [9.17, 15) is 4.79 Å². The van der Waals surface area contributed by atoms with Crippen LogP contribution in [0.1, 0.15) is 27.2 Å². The minimum Gasteiger partial charge on any atom is -0.381 e. The highest BCUT2D eigenvalue weighted by molar-refractivity contribution is 6.31. The van der Waals surface area contributed by atoms with Crippen LogP contribution in [0.2, 0.25) is 5.02 Å². The highest BCUT2D eigenvalue weighted by Crippen LogP contribution is 2.23. The Kier molecular flexibility index (Phi) is 5.54. The third-order valence-electron chi connectivity index (χ3n) is 4.25. The molecule has 2 N–H and O–H groups in total. The number of nitrogens with zero attached hydrogens (tertiary/aromatic N) is 1. The van der Waals surface area contributed by atoms with Crippen LogP contribution < -0.4 is 10.6 Å². The lowest BCUT2D eigenvalue weighted by Gasteiger charge is -2.11. The van der Waals surface area contributed by atoms with E-state index in [1.54, 1.807) is 24.4 Å². The normalized spacial score (nSPS) is 10.4. The number of benzene rings is 2. The Morgan fingerprint density at radius 1 is 1.08 bits per heavy atom. The highest BCUT2D eigenvalue weighted by atomic mass is 35.5. The number of nitrogens with one attached hydrogen (secondary N) is 2. The Bertz CT molecular complexity index is 940. The molecule has 4 nitrogen and oxygen atoms in total. The van der Waals surface area contributed by atoms with Gasteiger partial charge in [0, 0.05) is 29.1 Å². The van der Waals surface area contributed by atoms with E-state index < -0.39 is 0 Å². The first-order chi connectivity index (χ1) is 12.5. The fourth-order valence-corrected chi connectivity index (χ4v) is 2.77. The zero-order valence-electron chi connectivity index (χ0n) is 14.7. The van der Waals surface area contributed by atoms with E-state index >= 15 is 0 Å². The largest absolute Gasteiger partial charge is 0.381 e. The van der Waals surface area contributed by atoms with E-state index in [4.69, 9.17) is 11.6 Å². The Labute approximate surface area is 158 Å². The van der Waals surface area contributed by atoms with Crippen LogP contribution in [0.5, 0.6) is 0 Å². The number of anilines is 2. The van der Waals surface area contributed by atoms with Crippen LogP contribution in [0.3, 0.4) is 0 Å². The average Bonchev–Trinajstić information content (AvgIpc) is 2.65. The van der Waals surface area contributed by atoms with E-state index in [0.717, 1.165) is 11.3 Å². The number of carbonyl (C=O) groups excluding carboxylic acids is 1. The van der Waals surface area contributed by atoms with Gasteiger partial charge in [0.1, 0.15) is 5.69 Å². The van der Waals surface area contributed by atoms with Gasteiger partial charge in [-0.3, -0.25) is 9.78 Å². The Balaban J connectivity index is 1.71. The van der Waals surface area contributed by atoms with Crippen molar-refractivity contribution in [1.29, 1.82) is 0 Å². The second-order valence-electron chi connectivity index (χ2n) is 6.08. The van der Waals surface area contributed by atoms with E-state index in [-0.39, 0.29) is 5.91 Å². The van der Waals surface area contributed by atoms with Crippen molar-refractivity contribution in [2.24, 2.45) is 0 Å². The highest BCUT2D eigenvalue weighted by Gasteiger charge is 2.11. The number of carbonyl (C=O) groups is 1. The van der Waals surface area contributed by atoms with Gasteiger partial charge in [-0.05, 0) is 54.8 Å². The van der Waals surface area contributed by atoms with Gasteiger partial charge in [0.05, 0.1) is 0 Å². The SMILES string of the molecule is Cc1ccccc1CNc1ccnc(C(=O)Nc2cccc(Cl)c2C)c1. The lowest BCUT2D eigenvalue weighted by molar-refractivity contribution is 0.102. The summed E-state index contributed by atoms with van der Waals surface area (Å²) >= 11 is 6.10. The van der Waals surface area contributed by atoms with Gasteiger partial charge in [0.2, 0.25) is 0 Å². The Morgan fingerprint density at radius 3 is 2.69 bits per heavy atom. The molecule has 26 heavy (non-hydrogen) atoms. The summed E-state index contributed by atoms with van der Waals surface area (Å²) in [6.45, 7) is 4.63. The maximum Gasteiger partial charge on any atom is 0.274 e. The van der Waals surface area contributed by atoms with Crippen LogP contribution in [0, 0.1) is 13.8 Å². The number of amides is 1. The lowest BCUT2D eigenvalue weighted by Crippen LogP contribution is -2.15. The third-order valence-corrected chi connectivity index (χ3v) is 4.66. The number of rotatable bonds is 5. The quantitative estimate of drug-likeness (QED) is 0.652. The smallest absolute Gasteiger partial charge is 0.274 e. The van der Waals surface area contributed by atoms with Crippen LogP contribution in [0.15, 0.2) is 60.8 Å². The van der Waals surface area contributed by atoms with Crippen LogP contribution in [0.4, 0.5) is 11.4 Å². The molecule has 132 valence electrons. The summed E-state index contributed by atoms with van der Waals surface area (Å²) in [6.07, 6.45) is 1.62. The molecule has 0 spiro atoms. The van der Waals surface area contributed by atoms with Gasteiger partial charge in [0.15, 0.2) is 0 Å². The maximum atomic E-state index is 12.5. The molecule has 0 radical (unpaired) electrons. The number of hydrogen-bond donors (Lipinski definition) is 2. The first kappa shape index (κ1) is 18.0. The minimum atomic E-state index is -0.269. The molecule has 0 aliphatic carbocycles. The molecule has 5 heteroatoms. The van der Waals surface area contributed by atoms with Crippen LogP contribution in [-0.4, -0.2) is 10.9 Å². The summed E-state index contributed by atoms with van der Waals surface area (Å²) in [5, 5.41) is 6.82. The molecule has 0 aliphatic rings. The second kappa shape index (κ2) is 8.02. The van der Waals surface area contributed by atoms with E-state index in [2.05, 4.69) is 34.7 Å². The van der Waals surface area contributed by atoms with Gasteiger partial charge in [-0.2, -0.15) is 0 Å². The van der Waals surface area contributed by atoms with Crippen molar-refractivity contribution in [3.8, 4) is 0 Å². The van der Waals surface area contributed by atoms with Crippen LogP contribution in [-0.2, 0) is 6.54 Å². The first-order valence-corrected chi connectivity index (χ1v) is 8.73. The molecule has 0 atom stereocenters. The summed E-state index contributed by atoms with van der Waals surface area (Å²) in [5.41, 5.74) is 5.14. The minimum absolute atomic E-state index is 0.269. The number of hydrogen-bond acceptors (Lipinski definition) is 3. The van der Waals surface area contributed by atoms with E-state index in [1.807, 2.05) is 31.2 Å². The fraction of sp³-hybridized carbons (Fsp3) is 0.143. The first-order valence-electron chi connectivity index (χ1n) is 8.35. The summed E-state index contributed by atoms with van der Waals surface area (Å²) < 4.78 is 0. The van der Waals surface area contributed by atoms with Gasteiger partial charge in [0.25, 0.3) is 5.91 Å². The average molecular weight is 366 g/mol. The van der Waals surface area contributed by atoms with Gasteiger partial charge < -0.3 is 10.6 Å². The van der Waals surface area contributed by atoms with Crippen molar-refractivity contribution in [3.63, 3.8) is 0 Å². The maximum absolute atomic E-state index is 12.5. The molecule has 0 saturated heterocycles. The third kappa shape index (κ3) is 4.21. The zero-order chi connectivity index (χ0) is 18.5. The number of aryl methyl sites for hydroxylation is 1. The fourth-order valence-electron chi connectivity index (χ4n) is 2.60. The predicted octanol–water partition coefficient (Wildman–Crippen LogP) is 5.22. The molecule has 0 saturated carbocycles. The van der Waals surface area contributed by atoms with Crippen molar-refractivity contribution in [2.75, 3.05) is 10.6 Å². The van der Waals surface area contributed by atoms with E-state index in [0.29, 0.717) is 22.9 Å². The van der Waals surface area contributed by atoms with Gasteiger partial charge in [-0.25, -0.2) is 0 Å². The number of aromatic nitrogens is 1. The monoisotopic (exact) mass is 365 g/mol. The van der Waals surface area contributed by atoms with Gasteiger partial charge in [-0.1, -0.05) is 41.9 Å². The van der Waals surface area contributed by atoms with Crippen molar-refractivity contribution < 1.29 is 4.79 Å². The molecule has 2 aromatic carbocycles. The lowest BCUT2D eigenvalue weighted by atomic mass is 10.1. The predicted molar refractivity (Wildman–Crippen MR) is 107 cm³/mol. The number of pyridine rings is 1. The summed E-state index contributed by atoms with van der Waals surface area (Å²) in [4.78, 5) is 16.7.